The number of hydrogen-bond acceptors (Lipinski definition) is 3. The summed E-state index contributed by atoms with van der Waals surface area (Å²) in [5.41, 5.74) is 2.74. The molecule has 0 bridgehead atoms. The van der Waals surface area contributed by atoms with E-state index in [1.807, 2.05) is 23.0 Å². The third-order valence-corrected chi connectivity index (χ3v) is 2.93. The largest absolute Gasteiger partial charge is 0.357 e. The third kappa shape index (κ3) is 2.40. The lowest BCUT2D eigenvalue weighted by atomic mass is 10.2. The number of aromatic nitrogens is 3. The Hall–Kier alpha value is -2.43. The molecule has 1 N–H and O–H groups in total. The van der Waals surface area contributed by atoms with E-state index >= 15 is 0 Å². The predicted octanol–water partition coefficient (Wildman–Crippen LogP) is 2.61. The molecule has 0 aliphatic carbocycles. The van der Waals surface area contributed by atoms with Crippen LogP contribution in [0.2, 0.25) is 0 Å². The van der Waals surface area contributed by atoms with Gasteiger partial charge in [0.2, 0.25) is 5.95 Å². The molecule has 0 saturated heterocycles. The van der Waals surface area contributed by atoms with E-state index in [4.69, 9.17) is 0 Å². The first-order valence-corrected chi connectivity index (χ1v) is 6.00. The molecule has 0 radical (unpaired) electrons. The third-order valence-electron chi connectivity index (χ3n) is 2.93. The number of pyridine rings is 1. The van der Waals surface area contributed by atoms with Gasteiger partial charge in [-0.25, -0.2) is 14.4 Å². The van der Waals surface area contributed by atoms with Crippen LogP contribution in [0.25, 0.3) is 11.4 Å². The highest BCUT2D eigenvalue weighted by Crippen LogP contribution is 2.20. The van der Waals surface area contributed by atoms with Gasteiger partial charge in [0.25, 0.3) is 0 Å². The lowest BCUT2D eigenvalue weighted by Gasteiger charge is -2.07. The molecule has 0 amide bonds. The minimum Gasteiger partial charge on any atom is -0.357 e. The SMILES string of the molecule is CNc1nc2ccn(Cc3ccc(F)cc3)cc-2n1. The normalized spacial score (nSPS) is 10.8. The van der Waals surface area contributed by atoms with Crippen LogP contribution < -0.4 is 5.32 Å². The second kappa shape index (κ2) is 4.68. The van der Waals surface area contributed by atoms with Gasteiger partial charge in [-0.15, -0.1) is 0 Å². The summed E-state index contributed by atoms with van der Waals surface area (Å²) in [5.74, 6) is 0.402. The molecule has 1 aromatic carbocycles. The summed E-state index contributed by atoms with van der Waals surface area (Å²) in [7, 11) is 1.79. The smallest absolute Gasteiger partial charge is 0.223 e. The summed E-state index contributed by atoms with van der Waals surface area (Å²) in [5, 5.41) is 2.92. The average molecular weight is 256 g/mol. The summed E-state index contributed by atoms with van der Waals surface area (Å²) >= 11 is 0. The molecule has 5 heteroatoms. The van der Waals surface area contributed by atoms with Crippen molar-refractivity contribution in [3.8, 4) is 11.4 Å². The van der Waals surface area contributed by atoms with E-state index in [1.54, 1.807) is 19.2 Å². The van der Waals surface area contributed by atoms with Crippen LogP contribution in [0.3, 0.4) is 0 Å². The van der Waals surface area contributed by atoms with Crippen molar-refractivity contribution in [3.05, 3.63) is 54.1 Å². The van der Waals surface area contributed by atoms with E-state index in [0.29, 0.717) is 12.5 Å². The fourth-order valence-electron chi connectivity index (χ4n) is 1.96. The monoisotopic (exact) mass is 256 g/mol. The van der Waals surface area contributed by atoms with Gasteiger partial charge in [-0.2, -0.15) is 0 Å². The molecular formula is C14H13FN4. The molecule has 0 saturated carbocycles. The first kappa shape index (κ1) is 11.6. The summed E-state index contributed by atoms with van der Waals surface area (Å²) in [6.07, 6.45) is 3.88. The van der Waals surface area contributed by atoms with Crippen molar-refractivity contribution in [1.29, 1.82) is 0 Å². The second-order valence-corrected chi connectivity index (χ2v) is 4.31. The van der Waals surface area contributed by atoms with E-state index in [-0.39, 0.29) is 5.82 Å². The van der Waals surface area contributed by atoms with Crippen molar-refractivity contribution in [2.24, 2.45) is 0 Å². The maximum atomic E-state index is 12.8. The van der Waals surface area contributed by atoms with Gasteiger partial charge < -0.3 is 9.88 Å². The molecule has 1 aromatic rings. The molecule has 3 rings (SSSR count). The van der Waals surface area contributed by atoms with E-state index in [9.17, 15) is 4.39 Å². The van der Waals surface area contributed by atoms with Crippen LogP contribution in [0.15, 0.2) is 42.7 Å². The molecule has 2 heterocycles. The van der Waals surface area contributed by atoms with Gasteiger partial charge in [0.05, 0.1) is 5.69 Å². The zero-order chi connectivity index (χ0) is 13.2. The van der Waals surface area contributed by atoms with Gasteiger partial charge in [-0.3, -0.25) is 0 Å². The van der Waals surface area contributed by atoms with Crippen molar-refractivity contribution < 1.29 is 4.39 Å². The average Bonchev–Trinajstić information content (AvgIpc) is 2.83. The minimum absolute atomic E-state index is 0.218. The molecule has 19 heavy (non-hydrogen) atoms. The van der Waals surface area contributed by atoms with Crippen molar-refractivity contribution in [2.75, 3.05) is 12.4 Å². The van der Waals surface area contributed by atoms with Gasteiger partial charge >= 0.3 is 0 Å². The van der Waals surface area contributed by atoms with Crippen LogP contribution in [0.1, 0.15) is 5.56 Å². The first-order valence-electron chi connectivity index (χ1n) is 6.00. The molecule has 0 fully saturated rings. The van der Waals surface area contributed by atoms with Crippen molar-refractivity contribution in [2.45, 2.75) is 6.54 Å². The number of nitrogens with zero attached hydrogens (tertiary/aromatic N) is 3. The summed E-state index contributed by atoms with van der Waals surface area (Å²) in [6, 6.07) is 8.42. The van der Waals surface area contributed by atoms with Crippen LogP contribution in [0.4, 0.5) is 10.3 Å². The van der Waals surface area contributed by atoms with E-state index in [0.717, 1.165) is 17.0 Å². The van der Waals surface area contributed by atoms with E-state index < -0.39 is 0 Å². The number of halogens is 1. The van der Waals surface area contributed by atoms with Gasteiger partial charge in [0, 0.05) is 26.0 Å². The molecule has 96 valence electrons. The Bertz CT molecular complexity index is 660. The molecule has 0 atom stereocenters. The highest BCUT2D eigenvalue weighted by molar-refractivity contribution is 5.58. The van der Waals surface area contributed by atoms with Gasteiger partial charge in [-0.1, -0.05) is 12.1 Å². The number of hydrogen-bond donors (Lipinski definition) is 1. The quantitative estimate of drug-likeness (QED) is 0.783. The maximum absolute atomic E-state index is 12.8. The maximum Gasteiger partial charge on any atom is 0.223 e. The molecule has 0 aromatic heterocycles. The Balaban J connectivity index is 1.89. The van der Waals surface area contributed by atoms with Gasteiger partial charge in [0.15, 0.2) is 0 Å². The lowest BCUT2D eigenvalue weighted by molar-refractivity contribution is 0.626. The number of imidazole rings is 1. The fraction of sp³-hybridized carbons (Fsp3) is 0.143. The standard InChI is InChI=1S/C14H13FN4/c1-16-14-17-12-6-7-19(9-13(12)18-14)8-10-2-4-11(15)5-3-10/h2-7,9H,8H2,1H3,(H,16,18). The highest BCUT2D eigenvalue weighted by Gasteiger charge is 2.09. The predicted molar refractivity (Wildman–Crippen MR) is 71.7 cm³/mol. The Morgan fingerprint density at radius 1 is 1.11 bits per heavy atom. The van der Waals surface area contributed by atoms with Crippen LogP contribution in [0.5, 0.6) is 0 Å². The Morgan fingerprint density at radius 3 is 2.58 bits per heavy atom. The lowest BCUT2D eigenvalue weighted by Crippen LogP contribution is -2.00. The molecular weight excluding hydrogens is 243 g/mol. The zero-order valence-electron chi connectivity index (χ0n) is 10.5. The van der Waals surface area contributed by atoms with Crippen molar-refractivity contribution in [1.82, 2.24) is 14.5 Å². The first-order chi connectivity index (χ1) is 9.24. The highest BCUT2D eigenvalue weighted by atomic mass is 19.1. The number of benzene rings is 1. The van der Waals surface area contributed by atoms with Crippen LogP contribution in [-0.2, 0) is 6.54 Å². The molecule has 4 nitrogen and oxygen atoms in total. The number of rotatable bonds is 3. The summed E-state index contributed by atoms with van der Waals surface area (Å²) < 4.78 is 14.8. The Morgan fingerprint density at radius 2 is 1.84 bits per heavy atom. The number of anilines is 1. The van der Waals surface area contributed by atoms with Crippen LogP contribution >= 0.6 is 0 Å². The Labute approximate surface area is 110 Å². The van der Waals surface area contributed by atoms with Crippen molar-refractivity contribution in [3.63, 3.8) is 0 Å². The molecule has 0 spiro atoms. The second-order valence-electron chi connectivity index (χ2n) is 4.31. The van der Waals surface area contributed by atoms with E-state index in [1.165, 1.54) is 12.1 Å². The fourth-order valence-corrected chi connectivity index (χ4v) is 1.96. The number of fused-ring (bicyclic) bond motifs is 1. The summed E-state index contributed by atoms with van der Waals surface area (Å²) in [6.45, 7) is 0.679. The van der Waals surface area contributed by atoms with Gasteiger partial charge in [-0.05, 0) is 23.8 Å². The van der Waals surface area contributed by atoms with Crippen LogP contribution in [-0.4, -0.2) is 21.6 Å². The Kier molecular flexibility index (Phi) is 2.87. The summed E-state index contributed by atoms with van der Waals surface area (Å²) in [4.78, 5) is 8.65. The molecule has 2 aliphatic heterocycles. The zero-order valence-corrected chi connectivity index (χ0v) is 10.5. The number of nitrogens with one attached hydrogen (secondary N) is 1. The van der Waals surface area contributed by atoms with Crippen LogP contribution in [0, 0.1) is 5.82 Å². The molecule has 2 aliphatic rings. The minimum atomic E-state index is -0.218. The van der Waals surface area contributed by atoms with Crippen molar-refractivity contribution >= 4 is 5.95 Å². The topological polar surface area (TPSA) is 42.7 Å². The molecule has 0 unspecified atom stereocenters. The van der Waals surface area contributed by atoms with Gasteiger partial charge in [0.1, 0.15) is 11.5 Å². The van der Waals surface area contributed by atoms with E-state index in [2.05, 4.69) is 15.3 Å².